The fourth-order valence-corrected chi connectivity index (χ4v) is 2.22. The molecule has 0 atom stereocenters. The zero-order valence-corrected chi connectivity index (χ0v) is 12.4. The minimum atomic E-state index is -0.517. The maximum atomic E-state index is 13.3. The van der Waals surface area contributed by atoms with Crippen LogP contribution >= 0.6 is 15.9 Å². The molecule has 0 aromatic heterocycles. The molecule has 0 amide bonds. The van der Waals surface area contributed by atoms with Crippen molar-refractivity contribution < 1.29 is 13.9 Å². The van der Waals surface area contributed by atoms with Crippen molar-refractivity contribution in [3.63, 3.8) is 0 Å². The van der Waals surface area contributed by atoms with Crippen LogP contribution in [-0.4, -0.2) is 5.97 Å². The van der Waals surface area contributed by atoms with Crippen molar-refractivity contribution in [2.24, 2.45) is 0 Å². The van der Waals surface area contributed by atoms with E-state index in [1.54, 1.807) is 37.3 Å². The Bertz CT molecular complexity index is 638. The molecule has 20 heavy (non-hydrogen) atoms. The van der Waals surface area contributed by atoms with E-state index >= 15 is 0 Å². The summed E-state index contributed by atoms with van der Waals surface area (Å²) in [6, 6.07) is 9.76. The van der Waals surface area contributed by atoms with Gasteiger partial charge < -0.3 is 10.5 Å². The van der Waals surface area contributed by atoms with Gasteiger partial charge in [-0.2, -0.15) is 0 Å². The lowest BCUT2D eigenvalue weighted by Crippen LogP contribution is -2.10. The van der Waals surface area contributed by atoms with Crippen molar-refractivity contribution in [2.75, 3.05) is 5.73 Å². The highest BCUT2D eigenvalue weighted by molar-refractivity contribution is 9.10. The van der Waals surface area contributed by atoms with Gasteiger partial charge >= 0.3 is 5.97 Å². The van der Waals surface area contributed by atoms with E-state index in [1.165, 1.54) is 6.07 Å². The molecule has 2 rings (SSSR count). The Balaban J connectivity index is 2.15. The second-order valence-electron chi connectivity index (χ2n) is 4.33. The summed E-state index contributed by atoms with van der Waals surface area (Å²) in [5.41, 5.74) is 7.80. The Kier molecular flexibility index (Phi) is 4.39. The molecular formula is C15H13BrFNO2. The Labute approximate surface area is 124 Å². The topological polar surface area (TPSA) is 52.3 Å². The summed E-state index contributed by atoms with van der Waals surface area (Å²) in [6.07, 6.45) is 0. The first-order valence-corrected chi connectivity index (χ1v) is 6.75. The smallest absolute Gasteiger partial charge is 0.340 e. The van der Waals surface area contributed by atoms with E-state index in [0.717, 1.165) is 5.56 Å². The third kappa shape index (κ3) is 2.99. The predicted molar refractivity (Wildman–Crippen MR) is 78.8 cm³/mol. The SMILES string of the molecule is Cc1cccc(N)c1C(=O)OCc1cccc(F)c1Br. The molecule has 2 aromatic carbocycles. The van der Waals surface area contributed by atoms with E-state index in [-0.39, 0.29) is 6.61 Å². The van der Waals surface area contributed by atoms with Crippen LogP contribution in [0.4, 0.5) is 10.1 Å². The number of halogens is 2. The molecule has 2 N–H and O–H groups in total. The molecule has 0 bridgehead atoms. The third-order valence-corrected chi connectivity index (χ3v) is 3.79. The number of carbonyl (C=O) groups is 1. The second kappa shape index (κ2) is 6.05. The molecule has 2 aromatic rings. The number of hydrogen-bond donors (Lipinski definition) is 1. The van der Waals surface area contributed by atoms with Gasteiger partial charge in [-0.1, -0.05) is 24.3 Å². The van der Waals surface area contributed by atoms with Gasteiger partial charge in [0.2, 0.25) is 0 Å². The van der Waals surface area contributed by atoms with Crippen LogP contribution in [0, 0.1) is 12.7 Å². The van der Waals surface area contributed by atoms with E-state index in [1.807, 2.05) is 0 Å². The minimum Gasteiger partial charge on any atom is -0.457 e. The molecule has 0 spiro atoms. The van der Waals surface area contributed by atoms with Gasteiger partial charge in [0, 0.05) is 11.3 Å². The number of ether oxygens (including phenoxy) is 1. The number of esters is 1. The van der Waals surface area contributed by atoms with Crippen molar-refractivity contribution in [2.45, 2.75) is 13.5 Å². The summed E-state index contributed by atoms with van der Waals surface area (Å²) in [5.74, 6) is -0.911. The van der Waals surface area contributed by atoms with Crippen molar-refractivity contribution in [3.05, 3.63) is 63.4 Å². The molecule has 0 heterocycles. The van der Waals surface area contributed by atoms with E-state index in [4.69, 9.17) is 10.5 Å². The average Bonchev–Trinajstić information content (AvgIpc) is 2.40. The largest absolute Gasteiger partial charge is 0.457 e. The van der Waals surface area contributed by atoms with Gasteiger partial charge in [0.15, 0.2) is 0 Å². The molecule has 104 valence electrons. The van der Waals surface area contributed by atoms with Crippen molar-refractivity contribution >= 4 is 27.6 Å². The number of rotatable bonds is 3. The van der Waals surface area contributed by atoms with Crippen LogP contribution in [0.2, 0.25) is 0 Å². The molecule has 5 heteroatoms. The lowest BCUT2D eigenvalue weighted by molar-refractivity contribution is 0.0472. The highest BCUT2D eigenvalue weighted by Crippen LogP contribution is 2.23. The van der Waals surface area contributed by atoms with Crippen molar-refractivity contribution in [1.82, 2.24) is 0 Å². The normalized spacial score (nSPS) is 10.3. The van der Waals surface area contributed by atoms with E-state index in [2.05, 4.69) is 15.9 Å². The maximum Gasteiger partial charge on any atom is 0.340 e. The van der Waals surface area contributed by atoms with Gasteiger partial charge in [-0.05, 0) is 40.5 Å². The standard InChI is InChI=1S/C15H13BrFNO2/c1-9-4-2-7-12(18)13(9)15(19)20-8-10-5-3-6-11(17)14(10)16/h2-7H,8,18H2,1H3. The minimum absolute atomic E-state index is 0.0229. The number of anilines is 1. The molecule has 0 aliphatic heterocycles. The summed E-state index contributed by atoms with van der Waals surface area (Å²) in [5, 5.41) is 0. The Hall–Kier alpha value is -1.88. The van der Waals surface area contributed by atoms with Crippen molar-refractivity contribution in [3.8, 4) is 0 Å². The molecule has 0 fully saturated rings. The summed E-state index contributed by atoms with van der Waals surface area (Å²) >= 11 is 3.12. The molecule has 0 aliphatic rings. The van der Waals surface area contributed by atoms with Gasteiger partial charge in [-0.25, -0.2) is 9.18 Å². The first-order valence-electron chi connectivity index (χ1n) is 5.96. The summed E-state index contributed by atoms with van der Waals surface area (Å²) < 4.78 is 18.8. The molecule has 0 saturated heterocycles. The predicted octanol–water partition coefficient (Wildman–Crippen LogP) is 3.84. The van der Waals surface area contributed by atoms with Gasteiger partial charge in [-0.15, -0.1) is 0 Å². The van der Waals surface area contributed by atoms with E-state index in [0.29, 0.717) is 21.3 Å². The second-order valence-corrected chi connectivity index (χ2v) is 5.12. The maximum absolute atomic E-state index is 13.3. The lowest BCUT2D eigenvalue weighted by Gasteiger charge is -2.10. The molecule has 0 aliphatic carbocycles. The van der Waals surface area contributed by atoms with E-state index in [9.17, 15) is 9.18 Å². The van der Waals surface area contributed by atoms with Crippen LogP contribution in [0.1, 0.15) is 21.5 Å². The number of aryl methyl sites for hydroxylation is 1. The summed E-state index contributed by atoms with van der Waals surface area (Å²) in [7, 11) is 0. The zero-order valence-electron chi connectivity index (χ0n) is 10.8. The van der Waals surface area contributed by atoms with Crippen LogP contribution in [0.5, 0.6) is 0 Å². The molecule has 3 nitrogen and oxygen atoms in total. The van der Waals surface area contributed by atoms with E-state index < -0.39 is 11.8 Å². The lowest BCUT2D eigenvalue weighted by atomic mass is 10.1. The number of nitrogen functional groups attached to an aromatic ring is 1. The average molecular weight is 338 g/mol. The Morgan fingerprint density at radius 1 is 1.30 bits per heavy atom. The first-order chi connectivity index (χ1) is 9.50. The van der Waals surface area contributed by atoms with Crippen molar-refractivity contribution in [1.29, 1.82) is 0 Å². The van der Waals surface area contributed by atoms with Crippen LogP contribution < -0.4 is 5.73 Å². The molecule has 0 radical (unpaired) electrons. The van der Waals surface area contributed by atoms with Gasteiger partial charge in [0.25, 0.3) is 0 Å². The molecule has 0 saturated carbocycles. The number of benzene rings is 2. The van der Waals surface area contributed by atoms with Crippen LogP contribution in [-0.2, 0) is 11.3 Å². The Morgan fingerprint density at radius 2 is 2.00 bits per heavy atom. The zero-order chi connectivity index (χ0) is 14.7. The van der Waals surface area contributed by atoms with Gasteiger partial charge in [0.05, 0.1) is 10.0 Å². The third-order valence-electron chi connectivity index (χ3n) is 2.90. The fourth-order valence-electron chi connectivity index (χ4n) is 1.84. The summed E-state index contributed by atoms with van der Waals surface area (Å²) in [4.78, 5) is 12.0. The molecule has 0 unspecified atom stereocenters. The fraction of sp³-hybridized carbons (Fsp3) is 0.133. The Morgan fingerprint density at radius 3 is 2.70 bits per heavy atom. The van der Waals surface area contributed by atoms with Gasteiger partial charge in [-0.3, -0.25) is 0 Å². The van der Waals surface area contributed by atoms with Crippen LogP contribution in [0.3, 0.4) is 0 Å². The quantitative estimate of drug-likeness (QED) is 0.683. The van der Waals surface area contributed by atoms with Gasteiger partial charge in [0.1, 0.15) is 12.4 Å². The summed E-state index contributed by atoms with van der Waals surface area (Å²) in [6.45, 7) is 1.76. The monoisotopic (exact) mass is 337 g/mol. The number of hydrogen-bond acceptors (Lipinski definition) is 3. The van der Waals surface area contributed by atoms with Crippen LogP contribution in [0.25, 0.3) is 0 Å². The van der Waals surface area contributed by atoms with Crippen LogP contribution in [0.15, 0.2) is 40.9 Å². The first kappa shape index (κ1) is 14.5. The molecular weight excluding hydrogens is 325 g/mol. The highest BCUT2D eigenvalue weighted by atomic mass is 79.9. The highest BCUT2D eigenvalue weighted by Gasteiger charge is 2.15. The number of carbonyl (C=O) groups excluding carboxylic acids is 1. The number of nitrogens with two attached hydrogens (primary N) is 1.